The molecule has 0 N–H and O–H groups in total. The summed E-state index contributed by atoms with van der Waals surface area (Å²) in [6.07, 6.45) is 1.01. The Morgan fingerprint density at radius 1 is 1.11 bits per heavy atom. The van der Waals surface area contributed by atoms with Gasteiger partial charge in [-0.2, -0.15) is 5.10 Å². The fraction of sp³-hybridized carbons (Fsp3) is 0.261. The van der Waals surface area contributed by atoms with Crippen LogP contribution in [0.1, 0.15) is 48.1 Å². The first-order valence-corrected chi connectivity index (χ1v) is 9.87. The number of aromatic nitrogens is 1. The highest BCUT2D eigenvalue weighted by Crippen LogP contribution is 2.37. The molecule has 28 heavy (non-hydrogen) atoms. The smallest absolute Gasteiger partial charge is 0.242 e. The number of hydrazone groups is 1. The minimum Gasteiger partial charge on any atom is -0.273 e. The third kappa shape index (κ3) is 3.40. The molecule has 1 aliphatic rings. The van der Waals surface area contributed by atoms with Gasteiger partial charge in [0.2, 0.25) is 5.91 Å². The number of carbonyl (C=O) groups is 1. The Hall–Kier alpha value is -2.72. The molecule has 142 valence electrons. The zero-order valence-electron chi connectivity index (χ0n) is 16.2. The lowest BCUT2D eigenvalue weighted by Gasteiger charge is -2.22. The summed E-state index contributed by atoms with van der Waals surface area (Å²) in [7, 11) is 0. The Morgan fingerprint density at radius 2 is 1.82 bits per heavy atom. The van der Waals surface area contributed by atoms with Crippen LogP contribution in [0.4, 0.5) is 0 Å². The molecular weight excluding hydrogens is 370 g/mol. The second-order valence-electron chi connectivity index (χ2n) is 7.29. The fourth-order valence-electron chi connectivity index (χ4n) is 3.59. The summed E-state index contributed by atoms with van der Waals surface area (Å²) >= 11 is 6.55. The second kappa shape index (κ2) is 7.36. The summed E-state index contributed by atoms with van der Waals surface area (Å²) in [6, 6.07) is 16.1. The highest BCUT2D eigenvalue weighted by atomic mass is 35.5. The van der Waals surface area contributed by atoms with Crippen LogP contribution >= 0.6 is 11.6 Å². The van der Waals surface area contributed by atoms with Crippen molar-refractivity contribution < 1.29 is 4.79 Å². The molecule has 1 aromatic heterocycles. The third-order valence-corrected chi connectivity index (χ3v) is 5.47. The van der Waals surface area contributed by atoms with Crippen molar-refractivity contribution in [2.75, 3.05) is 0 Å². The van der Waals surface area contributed by atoms with Crippen LogP contribution in [0.25, 0.3) is 10.9 Å². The molecule has 5 heteroatoms. The minimum absolute atomic E-state index is 0.0208. The van der Waals surface area contributed by atoms with Gasteiger partial charge in [-0.25, -0.2) is 9.99 Å². The SMILES string of the molecule is CCC(=O)N1N=C(c2ccc(C)cc2)C[C@H]1c1cc2cc(C)ccc2nc1Cl. The maximum absolute atomic E-state index is 12.6. The zero-order chi connectivity index (χ0) is 19.8. The van der Waals surface area contributed by atoms with Crippen LogP contribution < -0.4 is 0 Å². The summed E-state index contributed by atoms with van der Waals surface area (Å²) in [4.78, 5) is 17.2. The Morgan fingerprint density at radius 3 is 2.54 bits per heavy atom. The van der Waals surface area contributed by atoms with Crippen molar-refractivity contribution in [3.63, 3.8) is 0 Å². The first-order chi connectivity index (χ1) is 13.5. The molecule has 0 saturated heterocycles. The van der Waals surface area contributed by atoms with Gasteiger partial charge in [0.1, 0.15) is 5.15 Å². The van der Waals surface area contributed by atoms with Gasteiger partial charge in [-0.3, -0.25) is 4.79 Å². The van der Waals surface area contributed by atoms with Gasteiger partial charge in [-0.1, -0.05) is 60.0 Å². The summed E-state index contributed by atoms with van der Waals surface area (Å²) in [5.41, 5.74) is 5.97. The summed E-state index contributed by atoms with van der Waals surface area (Å²) in [5.74, 6) is -0.0208. The molecule has 0 saturated carbocycles. The molecule has 0 unspecified atom stereocenters. The number of hydrogen-bond acceptors (Lipinski definition) is 3. The highest BCUT2D eigenvalue weighted by Gasteiger charge is 2.34. The molecule has 1 amide bonds. The average molecular weight is 392 g/mol. The summed E-state index contributed by atoms with van der Waals surface area (Å²) in [6.45, 7) is 5.95. The maximum atomic E-state index is 12.6. The predicted molar refractivity (Wildman–Crippen MR) is 114 cm³/mol. The van der Waals surface area contributed by atoms with E-state index in [9.17, 15) is 4.79 Å². The van der Waals surface area contributed by atoms with E-state index in [2.05, 4.69) is 54.3 Å². The molecule has 0 aliphatic carbocycles. The van der Waals surface area contributed by atoms with Crippen LogP contribution in [0.15, 0.2) is 53.6 Å². The van der Waals surface area contributed by atoms with E-state index in [0.717, 1.165) is 33.3 Å². The van der Waals surface area contributed by atoms with Crippen LogP contribution in [-0.4, -0.2) is 21.6 Å². The molecule has 0 radical (unpaired) electrons. The maximum Gasteiger partial charge on any atom is 0.242 e. The lowest BCUT2D eigenvalue weighted by molar-refractivity contribution is -0.132. The molecule has 4 rings (SSSR count). The van der Waals surface area contributed by atoms with E-state index in [-0.39, 0.29) is 11.9 Å². The Bertz CT molecular complexity index is 1090. The van der Waals surface area contributed by atoms with Crippen LogP contribution in [0.3, 0.4) is 0 Å². The van der Waals surface area contributed by atoms with E-state index in [1.807, 2.05) is 25.1 Å². The standard InChI is InChI=1S/C23H22ClN3O/c1-4-22(28)27-21(13-20(26-27)16-8-5-14(2)6-9-16)18-12-17-11-15(3)7-10-19(17)25-23(18)24/h5-12,21H,4,13H2,1-3H3/t21-/m0/s1. The van der Waals surface area contributed by atoms with Gasteiger partial charge < -0.3 is 0 Å². The quantitative estimate of drug-likeness (QED) is 0.546. The van der Waals surface area contributed by atoms with Crippen LogP contribution in [0.2, 0.25) is 5.15 Å². The molecule has 0 fully saturated rings. The summed E-state index contributed by atoms with van der Waals surface area (Å²) < 4.78 is 0. The Labute approximate surface area is 169 Å². The van der Waals surface area contributed by atoms with Gasteiger partial charge >= 0.3 is 0 Å². The topological polar surface area (TPSA) is 45.6 Å². The van der Waals surface area contributed by atoms with Gasteiger partial charge in [0.25, 0.3) is 0 Å². The van der Waals surface area contributed by atoms with Gasteiger partial charge in [-0.05, 0) is 37.6 Å². The number of nitrogens with zero attached hydrogens (tertiary/aromatic N) is 3. The van der Waals surface area contributed by atoms with Crippen LogP contribution in [-0.2, 0) is 4.79 Å². The molecular formula is C23H22ClN3O. The van der Waals surface area contributed by atoms with Crippen LogP contribution in [0.5, 0.6) is 0 Å². The van der Waals surface area contributed by atoms with E-state index in [1.165, 1.54) is 5.56 Å². The molecule has 2 heterocycles. The number of amides is 1. The lowest BCUT2D eigenvalue weighted by Crippen LogP contribution is -2.26. The van der Waals surface area contributed by atoms with E-state index in [0.29, 0.717) is 18.0 Å². The highest BCUT2D eigenvalue weighted by molar-refractivity contribution is 6.30. The molecule has 3 aromatic rings. The number of halogens is 1. The van der Waals surface area contributed by atoms with Crippen molar-refractivity contribution in [2.24, 2.45) is 5.10 Å². The number of aryl methyl sites for hydroxylation is 2. The molecule has 0 spiro atoms. The van der Waals surface area contributed by atoms with Crippen molar-refractivity contribution in [1.82, 2.24) is 9.99 Å². The van der Waals surface area contributed by atoms with E-state index in [4.69, 9.17) is 11.6 Å². The van der Waals surface area contributed by atoms with Crippen molar-refractivity contribution in [3.8, 4) is 0 Å². The number of carbonyl (C=O) groups excluding carboxylic acids is 1. The Balaban J connectivity index is 1.77. The Kier molecular flexibility index (Phi) is 4.90. The van der Waals surface area contributed by atoms with Gasteiger partial charge in [-0.15, -0.1) is 0 Å². The number of rotatable bonds is 3. The van der Waals surface area contributed by atoms with Crippen molar-refractivity contribution in [2.45, 2.75) is 39.7 Å². The average Bonchev–Trinajstić information content (AvgIpc) is 3.13. The predicted octanol–water partition coefficient (Wildman–Crippen LogP) is 5.59. The third-order valence-electron chi connectivity index (χ3n) is 5.16. The molecule has 2 aromatic carbocycles. The lowest BCUT2D eigenvalue weighted by atomic mass is 9.97. The van der Waals surface area contributed by atoms with Gasteiger partial charge in [0.15, 0.2) is 0 Å². The summed E-state index contributed by atoms with van der Waals surface area (Å²) in [5, 5.41) is 7.70. The van der Waals surface area contributed by atoms with Crippen molar-refractivity contribution >= 4 is 34.1 Å². The van der Waals surface area contributed by atoms with E-state index >= 15 is 0 Å². The number of benzene rings is 2. The monoisotopic (exact) mass is 391 g/mol. The van der Waals surface area contributed by atoms with Crippen molar-refractivity contribution in [3.05, 3.63) is 75.9 Å². The minimum atomic E-state index is -0.242. The molecule has 1 atom stereocenters. The largest absolute Gasteiger partial charge is 0.273 e. The van der Waals surface area contributed by atoms with Gasteiger partial charge in [0, 0.05) is 23.8 Å². The first-order valence-electron chi connectivity index (χ1n) is 9.49. The first kappa shape index (κ1) is 18.6. The van der Waals surface area contributed by atoms with E-state index < -0.39 is 0 Å². The fourth-order valence-corrected chi connectivity index (χ4v) is 3.86. The number of hydrogen-bond donors (Lipinski definition) is 0. The normalized spacial score (nSPS) is 16.5. The number of pyridine rings is 1. The second-order valence-corrected chi connectivity index (χ2v) is 7.65. The molecule has 0 bridgehead atoms. The number of fused-ring (bicyclic) bond motifs is 1. The zero-order valence-corrected chi connectivity index (χ0v) is 17.0. The molecule has 4 nitrogen and oxygen atoms in total. The molecule has 1 aliphatic heterocycles. The van der Waals surface area contributed by atoms with Crippen LogP contribution in [0, 0.1) is 13.8 Å². The van der Waals surface area contributed by atoms with Crippen molar-refractivity contribution in [1.29, 1.82) is 0 Å². The van der Waals surface area contributed by atoms with Gasteiger partial charge in [0.05, 0.1) is 17.3 Å². The van der Waals surface area contributed by atoms with E-state index in [1.54, 1.807) is 5.01 Å².